The zero-order valence-electron chi connectivity index (χ0n) is 26.8. The third-order valence-corrected chi connectivity index (χ3v) is 8.68. The minimum Gasteiger partial charge on any atom is -0.496 e. The Morgan fingerprint density at radius 2 is 1.80 bits per heavy atom. The van der Waals surface area contributed by atoms with E-state index in [4.69, 9.17) is 14.0 Å². The summed E-state index contributed by atoms with van der Waals surface area (Å²) >= 11 is 0. The van der Waals surface area contributed by atoms with Gasteiger partial charge in [-0.3, -0.25) is 18.9 Å². The van der Waals surface area contributed by atoms with Crippen molar-refractivity contribution in [2.75, 3.05) is 13.7 Å². The molecule has 0 spiro atoms. The Bertz CT molecular complexity index is 1940. The zero-order chi connectivity index (χ0) is 32.4. The predicted octanol–water partition coefficient (Wildman–Crippen LogP) is 5.33. The summed E-state index contributed by atoms with van der Waals surface area (Å²) in [5, 5.41) is 18.6. The Morgan fingerprint density at radius 1 is 1.04 bits per heavy atom. The van der Waals surface area contributed by atoms with E-state index in [0.717, 1.165) is 72.1 Å². The molecule has 6 rings (SSSR count). The lowest BCUT2D eigenvalue weighted by atomic mass is 9.92. The molecule has 1 saturated carbocycles. The van der Waals surface area contributed by atoms with E-state index < -0.39 is 11.4 Å². The van der Waals surface area contributed by atoms with Crippen LogP contribution in [0.5, 0.6) is 5.75 Å². The molecular formula is C35H41N5O6. The van der Waals surface area contributed by atoms with Gasteiger partial charge in [-0.05, 0) is 63.1 Å². The van der Waals surface area contributed by atoms with Crippen LogP contribution in [-0.4, -0.2) is 54.9 Å². The number of aryl methyl sites for hydroxylation is 1. The van der Waals surface area contributed by atoms with Crippen molar-refractivity contribution in [3.63, 3.8) is 0 Å². The molecule has 0 amide bonds. The van der Waals surface area contributed by atoms with Crippen LogP contribution < -0.4 is 16.1 Å². The average Bonchev–Trinajstić information content (AvgIpc) is 3.71. The number of ether oxygens (including phenoxy) is 2. The van der Waals surface area contributed by atoms with Crippen LogP contribution in [0, 0.1) is 0 Å². The number of aromatic amines is 1. The minimum absolute atomic E-state index is 0.0145. The molecule has 3 heterocycles. The molecule has 0 aliphatic heterocycles. The zero-order valence-corrected chi connectivity index (χ0v) is 26.8. The molecule has 0 unspecified atom stereocenters. The molecule has 11 heteroatoms. The lowest BCUT2D eigenvalue weighted by Crippen LogP contribution is -2.36. The molecule has 11 nitrogen and oxygen atoms in total. The molecule has 0 saturated heterocycles. The van der Waals surface area contributed by atoms with Gasteiger partial charge in [0.1, 0.15) is 11.4 Å². The Kier molecular flexibility index (Phi) is 8.97. The van der Waals surface area contributed by atoms with Gasteiger partial charge in [-0.25, -0.2) is 9.31 Å². The first-order chi connectivity index (χ1) is 22.2. The maximum Gasteiger partial charge on any atom is 0.439 e. The fraction of sp³-hybridized carbons (Fsp3) is 0.429. The molecule has 0 radical (unpaired) electrons. The predicted molar refractivity (Wildman–Crippen MR) is 174 cm³/mol. The molecule has 1 fully saturated rings. The van der Waals surface area contributed by atoms with E-state index in [0.29, 0.717) is 30.2 Å². The Labute approximate surface area is 266 Å². The average molecular weight is 628 g/mol. The van der Waals surface area contributed by atoms with Gasteiger partial charge in [0.05, 0.1) is 37.3 Å². The molecule has 1 aliphatic rings. The second-order valence-corrected chi connectivity index (χ2v) is 12.7. The number of aliphatic hydroxyl groups is 1. The monoisotopic (exact) mass is 627 g/mol. The minimum atomic E-state index is -0.872. The number of fused-ring (bicyclic) bond motifs is 1. The van der Waals surface area contributed by atoms with E-state index in [-0.39, 0.29) is 17.7 Å². The van der Waals surface area contributed by atoms with Gasteiger partial charge in [-0.2, -0.15) is 5.10 Å². The van der Waals surface area contributed by atoms with Gasteiger partial charge in [0.25, 0.3) is 5.56 Å². The van der Waals surface area contributed by atoms with Gasteiger partial charge < -0.3 is 14.6 Å². The Hall–Kier alpha value is -4.48. The highest BCUT2D eigenvalue weighted by Gasteiger charge is 2.29. The first-order valence-corrected chi connectivity index (χ1v) is 15.9. The summed E-state index contributed by atoms with van der Waals surface area (Å²) in [4.78, 5) is 28.7. The number of nitrogens with one attached hydrogen (secondary N) is 1. The van der Waals surface area contributed by atoms with Gasteiger partial charge in [0.15, 0.2) is 5.82 Å². The SMILES string of the molecule is CCCc1c(Cc2ccc(-c3ccccc3-c3noc(=O)[nH]3)c(OC)c2)c(=O)n([C@H]2CC[C@H](OCC(C)(C)O)CC2)c2ccnn12. The van der Waals surface area contributed by atoms with Crippen molar-refractivity contribution in [2.24, 2.45) is 0 Å². The first-order valence-electron chi connectivity index (χ1n) is 15.9. The molecule has 242 valence electrons. The van der Waals surface area contributed by atoms with E-state index in [1.54, 1.807) is 27.2 Å². The maximum atomic E-state index is 14.4. The third-order valence-electron chi connectivity index (χ3n) is 8.68. The van der Waals surface area contributed by atoms with Crippen LogP contribution in [0.4, 0.5) is 0 Å². The molecule has 3 aromatic heterocycles. The number of rotatable bonds is 11. The van der Waals surface area contributed by atoms with Crippen LogP contribution in [0.3, 0.4) is 0 Å². The van der Waals surface area contributed by atoms with E-state index in [1.165, 1.54) is 0 Å². The lowest BCUT2D eigenvalue weighted by Gasteiger charge is -2.32. The normalized spacial score (nSPS) is 17.1. The van der Waals surface area contributed by atoms with E-state index in [1.807, 2.05) is 57.6 Å². The first kappa shape index (κ1) is 31.5. The molecular weight excluding hydrogens is 586 g/mol. The fourth-order valence-electron chi connectivity index (χ4n) is 6.55. The summed E-state index contributed by atoms with van der Waals surface area (Å²) in [6, 6.07) is 15.5. The van der Waals surface area contributed by atoms with Crippen molar-refractivity contribution >= 4 is 5.65 Å². The summed E-state index contributed by atoms with van der Waals surface area (Å²) < 4.78 is 20.5. The second-order valence-electron chi connectivity index (χ2n) is 12.7. The van der Waals surface area contributed by atoms with E-state index >= 15 is 0 Å². The third kappa shape index (κ3) is 6.43. The number of hydrogen-bond donors (Lipinski definition) is 2. The molecule has 2 aromatic carbocycles. The summed E-state index contributed by atoms with van der Waals surface area (Å²) in [7, 11) is 1.62. The summed E-state index contributed by atoms with van der Waals surface area (Å²) in [6.07, 6.45) is 7.11. The quantitative estimate of drug-likeness (QED) is 0.201. The highest BCUT2D eigenvalue weighted by Crippen LogP contribution is 2.37. The van der Waals surface area contributed by atoms with Crippen LogP contribution in [0.2, 0.25) is 0 Å². The summed E-state index contributed by atoms with van der Waals surface area (Å²) in [5.41, 5.74) is 4.90. The highest BCUT2D eigenvalue weighted by atomic mass is 16.5. The van der Waals surface area contributed by atoms with E-state index in [9.17, 15) is 14.7 Å². The van der Waals surface area contributed by atoms with Crippen molar-refractivity contribution in [1.29, 1.82) is 0 Å². The largest absolute Gasteiger partial charge is 0.496 e. The molecule has 0 bridgehead atoms. The number of aromatic nitrogens is 5. The molecule has 2 N–H and O–H groups in total. The fourth-order valence-corrected chi connectivity index (χ4v) is 6.55. The van der Waals surface area contributed by atoms with Gasteiger partial charge in [-0.1, -0.05) is 54.9 Å². The number of benzene rings is 2. The summed E-state index contributed by atoms with van der Waals surface area (Å²) in [6.45, 7) is 5.89. The topological polar surface area (TPSA) is 137 Å². The number of hydrogen-bond acceptors (Lipinski definition) is 8. The lowest BCUT2D eigenvalue weighted by molar-refractivity contribution is -0.0654. The van der Waals surface area contributed by atoms with Crippen molar-refractivity contribution in [1.82, 2.24) is 24.3 Å². The Morgan fingerprint density at radius 3 is 2.48 bits per heavy atom. The standard InChI is InChI=1S/C35H41N5O6/c1-5-8-29-28(33(41)39(31-17-18-36-40(29)31)23-12-14-24(15-13-23)45-21-35(2,3)43)19-22-11-16-26(30(20-22)44-4)25-9-6-7-10-27(25)32-37-34(42)46-38-32/h6-7,9-11,16-18,20,23-24,43H,5,8,12-15,19,21H2,1-4H3,(H,37,38,42)/t23-,24-. The van der Waals surface area contributed by atoms with Crippen LogP contribution in [-0.2, 0) is 17.6 Å². The van der Waals surface area contributed by atoms with Crippen LogP contribution in [0.15, 0.2) is 68.8 Å². The van der Waals surface area contributed by atoms with Crippen LogP contribution in [0.25, 0.3) is 28.2 Å². The van der Waals surface area contributed by atoms with E-state index in [2.05, 4.69) is 22.2 Å². The van der Waals surface area contributed by atoms with Crippen molar-refractivity contribution in [3.05, 3.63) is 92.5 Å². The number of methoxy groups -OCH3 is 1. The number of nitrogens with zero attached hydrogens (tertiary/aromatic N) is 4. The molecule has 5 aromatic rings. The highest BCUT2D eigenvalue weighted by molar-refractivity contribution is 5.83. The van der Waals surface area contributed by atoms with Crippen molar-refractivity contribution < 1.29 is 19.1 Å². The smallest absolute Gasteiger partial charge is 0.439 e. The van der Waals surface area contributed by atoms with Crippen molar-refractivity contribution in [3.8, 4) is 28.3 Å². The molecule has 0 atom stereocenters. The molecule has 46 heavy (non-hydrogen) atoms. The summed E-state index contributed by atoms with van der Waals surface area (Å²) in [5.74, 6) is 0.349. The van der Waals surface area contributed by atoms with Crippen molar-refractivity contribution in [2.45, 2.75) is 83.5 Å². The van der Waals surface area contributed by atoms with Crippen LogP contribution >= 0.6 is 0 Å². The molecule has 1 aliphatic carbocycles. The van der Waals surface area contributed by atoms with Gasteiger partial charge >= 0.3 is 5.76 Å². The van der Waals surface area contributed by atoms with Gasteiger partial charge in [0, 0.05) is 35.2 Å². The van der Waals surface area contributed by atoms with Gasteiger partial charge in [-0.15, -0.1) is 0 Å². The maximum absolute atomic E-state index is 14.4. The Balaban J connectivity index is 1.35. The van der Waals surface area contributed by atoms with Gasteiger partial charge in [0.2, 0.25) is 0 Å². The second kappa shape index (κ2) is 13.1. The number of H-pyrrole nitrogens is 1. The van der Waals surface area contributed by atoms with Crippen LogP contribution in [0.1, 0.15) is 75.7 Å².